The predicted molar refractivity (Wildman–Crippen MR) is 128 cm³/mol. The van der Waals surface area contributed by atoms with E-state index >= 15 is 0 Å². The molecular weight excluding hydrogens is 398 g/mol. The number of benzene rings is 4. The summed E-state index contributed by atoms with van der Waals surface area (Å²) < 4.78 is 3.04. The van der Waals surface area contributed by atoms with E-state index in [-0.39, 0.29) is 18.9 Å². The molecular formula is C27H23N3O2. The molecule has 5 nitrogen and oxygen atoms in total. The summed E-state index contributed by atoms with van der Waals surface area (Å²) in [5, 5.41) is 14.7. The smallest absolute Gasteiger partial charge is 0.355 e. The van der Waals surface area contributed by atoms with E-state index in [1.165, 1.54) is 4.68 Å². The van der Waals surface area contributed by atoms with Crippen molar-refractivity contribution in [2.45, 2.75) is 7.43 Å². The van der Waals surface area contributed by atoms with Crippen LogP contribution in [0.25, 0.3) is 33.9 Å². The van der Waals surface area contributed by atoms with Crippen LogP contribution in [0.5, 0.6) is 5.75 Å². The fourth-order valence-electron chi connectivity index (χ4n) is 3.68. The molecule has 0 amide bonds. The van der Waals surface area contributed by atoms with Gasteiger partial charge in [-0.05, 0) is 35.9 Å². The molecule has 0 saturated heterocycles. The molecule has 5 rings (SSSR count). The predicted octanol–water partition coefficient (Wildman–Crippen LogP) is 5.70. The number of para-hydroxylation sites is 2. The Bertz CT molecular complexity index is 1400. The van der Waals surface area contributed by atoms with E-state index in [0.29, 0.717) is 11.5 Å². The zero-order chi connectivity index (χ0) is 21.2. The van der Waals surface area contributed by atoms with E-state index in [0.717, 1.165) is 22.4 Å². The summed E-state index contributed by atoms with van der Waals surface area (Å²) in [7, 11) is 0. The Morgan fingerprint density at radius 2 is 1.31 bits per heavy atom. The van der Waals surface area contributed by atoms with Crippen molar-refractivity contribution in [1.82, 2.24) is 14.3 Å². The Kier molecular flexibility index (Phi) is 5.73. The third kappa shape index (κ3) is 3.72. The molecule has 0 atom stereocenters. The quantitative estimate of drug-likeness (QED) is 0.405. The summed E-state index contributed by atoms with van der Waals surface area (Å²) in [5.74, 6) is 0.724. The SMILES string of the molecule is C.O=c1n(-c2ccccc2-c2cccc(O)c2)nc(-c2ccccc2)n1-c1ccccc1. The highest BCUT2D eigenvalue weighted by Crippen LogP contribution is 2.29. The van der Waals surface area contributed by atoms with Gasteiger partial charge in [0.15, 0.2) is 5.82 Å². The van der Waals surface area contributed by atoms with E-state index in [2.05, 4.69) is 0 Å². The lowest BCUT2D eigenvalue weighted by Gasteiger charge is -2.09. The van der Waals surface area contributed by atoms with Crippen LogP contribution in [0.4, 0.5) is 0 Å². The minimum absolute atomic E-state index is 0. The Hall–Kier alpha value is -4.38. The molecule has 0 aliphatic heterocycles. The second-order valence-corrected chi connectivity index (χ2v) is 7.12. The van der Waals surface area contributed by atoms with Gasteiger partial charge in [0.25, 0.3) is 0 Å². The van der Waals surface area contributed by atoms with Gasteiger partial charge < -0.3 is 5.11 Å². The fraction of sp³-hybridized carbons (Fsp3) is 0.0370. The lowest BCUT2D eigenvalue weighted by atomic mass is 10.0. The van der Waals surface area contributed by atoms with Crippen LogP contribution in [-0.2, 0) is 0 Å². The highest BCUT2D eigenvalue weighted by molar-refractivity contribution is 5.74. The van der Waals surface area contributed by atoms with Gasteiger partial charge >= 0.3 is 5.69 Å². The second kappa shape index (κ2) is 8.78. The first-order chi connectivity index (χ1) is 15.2. The van der Waals surface area contributed by atoms with Gasteiger partial charge in [0.1, 0.15) is 5.75 Å². The van der Waals surface area contributed by atoms with Crippen LogP contribution < -0.4 is 5.69 Å². The number of rotatable bonds is 4. The van der Waals surface area contributed by atoms with Gasteiger partial charge in [-0.2, -0.15) is 4.68 Å². The van der Waals surface area contributed by atoms with Crippen molar-refractivity contribution in [3.63, 3.8) is 0 Å². The topological polar surface area (TPSA) is 60.1 Å². The maximum atomic E-state index is 13.6. The monoisotopic (exact) mass is 421 g/mol. The highest BCUT2D eigenvalue weighted by atomic mass is 16.3. The molecule has 0 spiro atoms. The number of phenolic OH excluding ortho intramolecular Hbond substituents is 1. The normalized spacial score (nSPS) is 10.5. The van der Waals surface area contributed by atoms with Crippen molar-refractivity contribution in [1.29, 1.82) is 0 Å². The standard InChI is InChI=1S/C26H19N3O2.CH4/c30-22-15-9-12-20(18-22)23-16-7-8-17-24(23)29-26(31)28(21-13-5-2-6-14-21)25(27-29)19-10-3-1-4-11-19;/h1-18,30H;1H4. The van der Waals surface area contributed by atoms with E-state index < -0.39 is 0 Å². The molecule has 1 N–H and O–H groups in total. The van der Waals surface area contributed by atoms with Gasteiger partial charge in [0.05, 0.1) is 11.4 Å². The highest BCUT2D eigenvalue weighted by Gasteiger charge is 2.19. The summed E-state index contributed by atoms with van der Waals surface area (Å²) in [6.07, 6.45) is 0. The largest absolute Gasteiger partial charge is 0.508 e. The average Bonchev–Trinajstić information content (AvgIpc) is 3.17. The first-order valence-corrected chi connectivity index (χ1v) is 9.94. The molecule has 0 bridgehead atoms. The third-order valence-corrected chi connectivity index (χ3v) is 5.11. The van der Waals surface area contributed by atoms with Crippen molar-refractivity contribution < 1.29 is 5.11 Å². The first kappa shape index (κ1) is 20.9. The molecule has 4 aromatic carbocycles. The molecule has 5 aromatic rings. The molecule has 1 aromatic heterocycles. The van der Waals surface area contributed by atoms with Crippen LogP contribution in [0.15, 0.2) is 114 Å². The Morgan fingerprint density at radius 3 is 2.03 bits per heavy atom. The van der Waals surface area contributed by atoms with Crippen LogP contribution in [-0.4, -0.2) is 19.5 Å². The number of hydrogen-bond donors (Lipinski definition) is 1. The third-order valence-electron chi connectivity index (χ3n) is 5.11. The summed E-state index contributed by atoms with van der Waals surface area (Å²) in [6.45, 7) is 0. The van der Waals surface area contributed by atoms with Gasteiger partial charge in [-0.3, -0.25) is 0 Å². The summed E-state index contributed by atoms with van der Waals surface area (Å²) in [5.41, 5.74) is 3.57. The number of hydrogen-bond acceptors (Lipinski definition) is 3. The molecule has 0 radical (unpaired) electrons. The molecule has 1 heterocycles. The van der Waals surface area contributed by atoms with E-state index in [4.69, 9.17) is 5.10 Å². The van der Waals surface area contributed by atoms with Gasteiger partial charge in [0.2, 0.25) is 0 Å². The van der Waals surface area contributed by atoms with Crippen LogP contribution in [0, 0.1) is 0 Å². The van der Waals surface area contributed by atoms with Crippen LogP contribution >= 0.6 is 0 Å². The second-order valence-electron chi connectivity index (χ2n) is 7.12. The number of phenols is 1. The minimum atomic E-state index is -0.266. The van der Waals surface area contributed by atoms with Crippen molar-refractivity contribution in [3.8, 4) is 39.6 Å². The van der Waals surface area contributed by atoms with E-state index in [9.17, 15) is 9.90 Å². The molecule has 0 aliphatic rings. The fourth-order valence-corrected chi connectivity index (χ4v) is 3.68. The summed E-state index contributed by atoms with van der Waals surface area (Å²) in [6, 6.07) is 33.7. The van der Waals surface area contributed by atoms with Crippen LogP contribution in [0.3, 0.4) is 0 Å². The number of nitrogens with zero attached hydrogens (tertiary/aromatic N) is 3. The summed E-state index contributed by atoms with van der Waals surface area (Å²) >= 11 is 0. The number of aromatic hydroxyl groups is 1. The molecule has 158 valence electrons. The maximum Gasteiger partial charge on any atom is 0.355 e. The molecule has 5 heteroatoms. The van der Waals surface area contributed by atoms with Gasteiger partial charge in [0, 0.05) is 11.1 Å². The maximum absolute atomic E-state index is 13.6. The van der Waals surface area contributed by atoms with Crippen molar-refractivity contribution in [2.24, 2.45) is 0 Å². The van der Waals surface area contributed by atoms with Gasteiger partial charge in [-0.1, -0.05) is 86.3 Å². The Balaban J connectivity index is 0.00000245. The van der Waals surface area contributed by atoms with Gasteiger partial charge in [-0.25, -0.2) is 9.36 Å². The van der Waals surface area contributed by atoms with Crippen LogP contribution in [0.1, 0.15) is 7.43 Å². The van der Waals surface area contributed by atoms with Gasteiger partial charge in [-0.15, -0.1) is 5.10 Å². The Labute approximate surface area is 186 Å². The summed E-state index contributed by atoms with van der Waals surface area (Å²) in [4.78, 5) is 13.6. The molecule has 0 fully saturated rings. The average molecular weight is 422 g/mol. The Morgan fingerprint density at radius 1 is 0.688 bits per heavy atom. The lowest BCUT2D eigenvalue weighted by molar-refractivity contribution is 0.475. The van der Waals surface area contributed by atoms with Crippen molar-refractivity contribution in [2.75, 3.05) is 0 Å². The molecule has 0 saturated carbocycles. The zero-order valence-corrected chi connectivity index (χ0v) is 16.6. The van der Waals surface area contributed by atoms with Crippen molar-refractivity contribution >= 4 is 0 Å². The van der Waals surface area contributed by atoms with E-state index in [1.807, 2.05) is 91.0 Å². The number of aromatic nitrogens is 3. The molecule has 32 heavy (non-hydrogen) atoms. The molecule has 0 unspecified atom stereocenters. The van der Waals surface area contributed by atoms with Crippen molar-refractivity contribution in [3.05, 3.63) is 120 Å². The zero-order valence-electron chi connectivity index (χ0n) is 16.6. The first-order valence-electron chi connectivity index (χ1n) is 9.94. The van der Waals surface area contributed by atoms with E-state index in [1.54, 1.807) is 22.8 Å². The molecule has 0 aliphatic carbocycles. The minimum Gasteiger partial charge on any atom is -0.508 e. The van der Waals surface area contributed by atoms with Crippen LogP contribution in [0.2, 0.25) is 0 Å². The lowest BCUT2D eigenvalue weighted by Crippen LogP contribution is -2.23.